The van der Waals surface area contributed by atoms with Crippen LogP contribution in [0.4, 0.5) is 0 Å². The van der Waals surface area contributed by atoms with E-state index in [1.807, 2.05) is 37.4 Å². The third kappa shape index (κ3) is 5.55. The fourth-order valence-corrected chi connectivity index (χ4v) is 2.16. The Hall–Kier alpha value is -1.65. The molecule has 0 radical (unpaired) electrons. The van der Waals surface area contributed by atoms with Crippen LogP contribution in [-0.2, 0) is 16.1 Å². The first-order valence-electron chi connectivity index (χ1n) is 6.70. The number of likely N-dealkylation sites (N-methyl/N-ethyl adjacent to an activating group) is 1. The summed E-state index contributed by atoms with van der Waals surface area (Å²) in [6, 6.07) is 9.96. The van der Waals surface area contributed by atoms with Gasteiger partial charge in [0, 0.05) is 11.1 Å². The number of carbonyl (C=O) groups is 1. The monoisotopic (exact) mass is 278 g/mol. The first kappa shape index (κ1) is 16.4. The van der Waals surface area contributed by atoms with Gasteiger partial charge < -0.3 is 9.84 Å². The van der Waals surface area contributed by atoms with Gasteiger partial charge in [-0.05, 0) is 13.8 Å². The molecule has 0 amide bonds. The number of hydrogen-bond acceptors (Lipinski definition) is 3. The van der Waals surface area contributed by atoms with Crippen LogP contribution in [0, 0.1) is 0 Å². The van der Waals surface area contributed by atoms with Crippen LogP contribution in [0.25, 0.3) is 0 Å². The maximum Gasteiger partial charge on any atom is 0.337 e. The molecule has 0 bridgehead atoms. The highest BCUT2D eigenvalue weighted by Gasteiger charge is 2.26. The summed E-state index contributed by atoms with van der Waals surface area (Å²) in [7, 11) is 1.96. The van der Waals surface area contributed by atoms with Crippen LogP contribution in [0.1, 0.15) is 19.4 Å². The number of carbonyl (C=O) groups excluding carboxylic acids is 1. The predicted octanol–water partition coefficient (Wildman–Crippen LogP) is 2.09. The normalized spacial score (nSPS) is 15.2. The lowest BCUT2D eigenvalue weighted by atomic mass is 10.2. The van der Waals surface area contributed by atoms with Crippen molar-refractivity contribution in [1.29, 1.82) is 0 Å². The molecule has 0 fully saturated rings. The Morgan fingerprint density at radius 2 is 2.00 bits per heavy atom. The van der Waals surface area contributed by atoms with Crippen LogP contribution >= 0.6 is 0 Å². The Kier molecular flexibility index (Phi) is 5.92. The van der Waals surface area contributed by atoms with E-state index in [0.717, 1.165) is 5.56 Å². The number of benzene rings is 1. The first-order chi connectivity index (χ1) is 9.32. The SMILES string of the molecule is C=C(C)C(=O)OC[N+](C)(Cc1ccccc1)CC(C)O. The lowest BCUT2D eigenvalue weighted by Crippen LogP contribution is -2.49. The Morgan fingerprint density at radius 1 is 1.40 bits per heavy atom. The van der Waals surface area contributed by atoms with E-state index in [1.165, 1.54) is 0 Å². The Labute approximate surface area is 120 Å². The van der Waals surface area contributed by atoms with Crippen molar-refractivity contribution in [3.8, 4) is 0 Å². The van der Waals surface area contributed by atoms with Crippen molar-refractivity contribution in [1.82, 2.24) is 0 Å². The van der Waals surface area contributed by atoms with Crippen molar-refractivity contribution in [2.24, 2.45) is 0 Å². The smallest absolute Gasteiger partial charge is 0.337 e. The van der Waals surface area contributed by atoms with Gasteiger partial charge in [0.1, 0.15) is 19.2 Å². The van der Waals surface area contributed by atoms with Gasteiger partial charge in [-0.25, -0.2) is 4.79 Å². The molecule has 4 heteroatoms. The number of esters is 1. The van der Waals surface area contributed by atoms with Crippen molar-refractivity contribution in [2.45, 2.75) is 26.5 Å². The molecule has 1 N–H and O–H groups in total. The molecule has 0 saturated carbocycles. The number of hydrogen-bond donors (Lipinski definition) is 1. The summed E-state index contributed by atoms with van der Waals surface area (Å²) in [5.41, 5.74) is 1.52. The summed E-state index contributed by atoms with van der Waals surface area (Å²) in [6.07, 6.45) is -0.466. The number of aliphatic hydroxyl groups excluding tert-OH is 1. The summed E-state index contributed by atoms with van der Waals surface area (Å²) >= 11 is 0. The lowest BCUT2D eigenvalue weighted by Gasteiger charge is -2.34. The molecule has 0 aliphatic heterocycles. The van der Waals surface area contributed by atoms with Gasteiger partial charge in [0.2, 0.25) is 6.73 Å². The average molecular weight is 278 g/mol. The second kappa shape index (κ2) is 7.22. The number of nitrogens with zero attached hydrogens (tertiary/aromatic N) is 1. The van der Waals surface area contributed by atoms with E-state index in [4.69, 9.17) is 4.74 Å². The molecule has 0 heterocycles. The molecule has 0 spiro atoms. The molecule has 110 valence electrons. The van der Waals surface area contributed by atoms with E-state index in [-0.39, 0.29) is 6.73 Å². The molecule has 2 atom stereocenters. The van der Waals surface area contributed by atoms with Gasteiger partial charge in [0.05, 0.1) is 7.05 Å². The molecule has 1 aromatic carbocycles. The largest absolute Gasteiger partial charge is 0.412 e. The minimum absolute atomic E-state index is 0.214. The molecule has 1 aromatic rings. The van der Waals surface area contributed by atoms with Gasteiger partial charge in [0.25, 0.3) is 0 Å². The average Bonchev–Trinajstić information content (AvgIpc) is 2.36. The molecule has 20 heavy (non-hydrogen) atoms. The number of aliphatic hydroxyl groups is 1. The molecule has 0 aliphatic rings. The van der Waals surface area contributed by atoms with Crippen LogP contribution in [0.2, 0.25) is 0 Å². The van der Waals surface area contributed by atoms with Gasteiger partial charge in [-0.2, -0.15) is 0 Å². The van der Waals surface area contributed by atoms with Gasteiger partial charge in [-0.3, -0.25) is 4.48 Å². The zero-order chi connectivity index (χ0) is 15.2. The maximum absolute atomic E-state index is 11.5. The number of rotatable bonds is 7. The van der Waals surface area contributed by atoms with Crippen LogP contribution in [0.15, 0.2) is 42.5 Å². The second-order valence-electron chi connectivity index (χ2n) is 5.64. The van der Waals surface area contributed by atoms with Crippen molar-refractivity contribution in [3.05, 3.63) is 48.0 Å². The molecule has 2 unspecified atom stereocenters. The van der Waals surface area contributed by atoms with Crippen molar-refractivity contribution >= 4 is 5.97 Å². The van der Waals surface area contributed by atoms with Gasteiger partial charge in [-0.1, -0.05) is 36.9 Å². The van der Waals surface area contributed by atoms with E-state index >= 15 is 0 Å². The fourth-order valence-electron chi connectivity index (χ4n) is 2.16. The van der Waals surface area contributed by atoms with Gasteiger partial charge in [0.15, 0.2) is 0 Å². The van der Waals surface area contributed by atoms with Crippen molar-refractivity contribution in [3.63, 3.8) is 0 Å². The van der Waals surface area contributed by atoms with Crippen molar-refractivity contribution in [2.75, 3.05) is 20.3 Å². The Bertz CT molecular complexity index is 456. The molecule has 1 rings (SSSR count). The lowest BCUT2D eigenvalue weighted by molar-refractivity contribution is -0.940. The standard InChI is InChI=1S/C16H24NO3/c1-13(2)16(19)20-12-17(4,10-14(3)18)11-15-8-6-5-7-9-15/h5-9,14,18H,1,10-12H2,2-4H3/q+1. The zero-order valence-corrected chi connectivity index (χ0v) is 12.5. The van der Waals surface area contributed by atoms with E-state index in [9.17, 15) is 9.90 Å². The fraction of sp³-hybridized carbons (Fsp3) is 0.438. The summed E-state index contributed by atoms with van der Waals surface area (Å²) in [4.78, 5) is 11.5. The highest BCUT2D eigenvalue weighted by atomic mass is 16.5. The van der Waals surface area contributed by atoms with Crippen LogP contribution < -0.4 is 0 Å². The maximum atomic E-state index is 11.5. The quantitative estimate of drug-likeness (QED) is 0.359. The molecular weight excluding hydrogens is 254 g/mol. The third-order valence-electron chi connectivity index (χ3n) is 2.97. The van der Waals surface area contributed by atoms with Crippen LogP contribution in [-0.4, -0.2) is 42.0 Å². The summed E-state index contributed by atoms with van der Waals surface area (Å²) < 4.78 is 5.70. The topological polar surface area (TPSA) is 46.5 Å². The molecule has 0 saturated heterocycles. The predicted molar refractivity (Wildman–Crippen MR) is 78.7 cm³/mol. The summed E-state index contributed by atoms with van der Waals surface area (Å²) in [6.45, 7) is 8.35. The van der Waals surface area contributed by atoms with Crippen LogP contribution in [0.5, 0.6) is 0 Å². The number of ether oxygens (including phenoxy) is 1. The van der Waals surface area contributed by atoms with Crippen LogP contribution in [0.3, 0.4) is 0 Å². The Balaban J connectivity index is 2.75. The second-order valence-corrected chi connectivity index (χ2v) is 5.64. The molecule has 0 aromatic heterocycles. The first-order valence-corrected chi connectivity index (χ1v) is 6.70. The zero-order valence-electron chi connectivity index (χ0n) is 12.5. The molecule has 4 nitrogen and oxygen atoms in total. The van der Waals surface area contributed by atoms with E-state index in [1.54, 1.807) is 13.8 Å². The molecule has 0 aliphatic carbocycles. The van der Waals surface area contributed by atoms with Gasteiger partial charge in [-0.15, -0.1) is 0 Å². The highest BCUT2D eigenvalue weighted by Crippen LogP contribution is 2.14. The van der Waals surface area contributed by atoms with E-state index < -0.39 is 12.1 Å². The minimum atomic E-state index is -0.466. The third-order valence-corrected chi connectivity index (χ3v) is 2.97. The van der Waals surface area contributed by atoms with Gasteiger partial charge >= 0.3 is 5.97 Å². The van der Waals surface area contributed by atoms with Crippen molar-refractivity contribution < 1.29 is 19.1 Å². The highest BCUT2D eigenvalue weighted by molar-refractivity contribution is 5.86. The summed E-state index contributed by atoms with van der Waals surface area (Å²) in [5, 5.41) is 9.67. The number of quaternary nitrogens is 1. The van der Waals surface area contributed by atoms with E-state index in [2.05, 4.69) is 6.58 Å². The molecular formula is C16H24NO3+. The minimum Gasteiger partial charge on any atom is -0.412 e. The summed E-state index contributed by atoms with van der Waals surface area (Å²) in [5.74, 6) is -0.395. The Morgan fingerprint density at radius 3 is 2.50 bits per heavy atom. The van der Waals surface area contributed by atoms with E-state index in [0.29, 0.717) is 23.1 Å².